The normalized spacial score (nSPS) is 11.5. The monoisotopic (exact) mass is 376 g/mol. The van der Waals surface area contributed by atoms with E-state index in [-0.39, 0.29) is 5.91 Å². The van der Waals surface area contributed by atoms with Crippen LogP contribution in [-0.2, 0) is 11.2 Å². The first-order valence-corrected chi connectivity index (χ1v) is 9.00. The summed E-state index contributed by atoms with van der Waals surface area (Å²) in [5.41, 5.74) is 2.50. The Morgan fingerprint density at radius 2 is 1.57 bits per heavy atom. The van der Waals surface area contributed by atoms with E-state index in [0.717, 1.165) is 11.1 Å². The van der Waals surface area contributed by atoms with E-state index in [0.29, 0.717) is 17.7 Å². The van der Waals surface area contributed by atoms with Gasteiger partial charge >= 0.3 is 0 Å². The Kier molecular flexibility index (Phi) is 6.17. The van der Waals surface area contributed by atoms with Gasteiger partial charge in [0.1, 0.15) is 11.9 Å². The lowest BCUT2D eigenvalue weighted by Crippen LogP contribution is -2.45. The third kappa shape index (κ3) is 5.04. The summed E-state index contributed by atoms with van der Waals surface area (Å²) in [4.78, 5) is 25.5. The van der Waals surface area contributed by atoms with E-state index in [4.69, 9.17) is 0 Å². The van der Waals surface area contributed by atoms with E-state index in [1.807, 2.05) is 36.4 Å². The fourth-order valence-corrected chi connectivity index (χ4v) is 2.84. The van der Waals surface area contributed by atoms with Crippen molar-refractivity contribution < 1.29 is 14.0 Å². The first kappa shape index (κ1) is 19.3. The van der Waals surface area contributed by atoms with Gasteiger partial charge in [-0.3, -0.25) is 9.59 Å². The highest BCUT2D eigenvalue weighted by Gasteiger charge is 2.22. The Bertz CT molecular complexity index is 959. The van der Waals surface area contributed by atoms with Crippen LogP contribution in [0.4, 0.5) is 10.1 Å². The number of benzene rings is 3. The van der Waals surface area contributed by atoms with Crippen molar-refractivity contribution >= 4 is 17.5 Å². The molecule has 2 N–H and O–H groups in total. The minimum Gasteiger partial charge on any atom is -0.340 e. The molecule has 5 heteroatoms. The van der Waals surface area contributed by atoms with Crippen LogP contribution in [0.3, 0.4) is 0 Å². The van der Waals surface area contributed by atoms with Crippen LogP contribution in [0.5, 0.6) is 0 Å². The molecule has 3 aromatic carbocycles. The zero-order valence-corrected chi connectivity index (χ0v) is 15.5. The first-order chi connectivity index (χ1) is 13.5. The summed E-state index contributed by atoms with van der Waals surface area (Å²) in [6, 6.07) is 21.5. The zero-order chi connectivity index (χ0) is 19.9. The number of hydrogen-bond donors (Lipinski definition) is 2. The van der Waals surface area contributed by atoms with Gasteiger partial charge in [-0.05, 0) is 42.3 Å². The van der Waals surface area contributed by atoms with E-state index in [1.54, 1.807) is 37.3 Å². The third-order valence-corrected chi connectivity index (χ3v) is 4.40. The van der Waals surface area contributed by atoms with Gasteiger partial charge in [-0.25, -0.2) is 4.39 Å². The number of amides is 2. The molecule has 0 spiro atoms. The van der Waals surface area contributed by atoms with Crippen molar-refractivity contribution in [1.82, 2.24) is 5.32 Å². The van der Waals surface area contributed by atoms with Crippen molar-refractivity contribution in [1.29, 1.82) is 0 Å². The molecular formula is C23H21FN2O2. The maximum atomic E-state index is 13.6. The summed E-state index contributed by atoms with van der Waals surface area (Å²) in [7, 11) is 0. The Balaban J connectivity index is 1.81. The van der Waals surface area contributed by atoms with Gasteiger partial charge in [-0.2, -0.15) is 0 Å². The second kappa shape index (κ2) is 8.95. The molecule has 0 aliphatic carbocycles. The number of anilines is 1. The summed E-state index contributed by atoms with van der Waals surface area (Å²) in [6.45, 7) is 1.78. The quantitative estimate of drug-likeness (QED) is 0.680. The Hall–Kier alpha value is -3.47. The van der Waals surface area contributed by atoms with Crippen LogP contribution < -0.4 is 10.6 Å². The molecule has 3 aromatic rings. The minimum absolute atomic E-state index is 0.319. The molecule has 0 bridgehead atoms. The van der Waals surface area contributed by atoms with Crippen molar-refractivity contribution in [2.24, 2.45) is 0 Å². The second-order valence-corrected chi connectivity index (χ2v) is 6.53. The highest BCUT2D eigenvalue weighted by molar-refractivity contribution is 6.01. The molecule has 0 heterocycles. The van der Waals surface area contributed by atoms with Crippen LogP contribution in [0, 0.1) is 12.7 Å². The molecule has 0 saturated heterocycles. The zero-order valence-electron chi connectivity index (χ0n) is 15.5. The maximum absolute atomic E-state index is 13.6. The van der Waals surface area contributed by atoms with Crippen molar-refractivity contribution in [2.45, 2.75) is 19.4 Å². The van der Waals surface area contributed by atoms with Crippen LogP contribution >= 0.6 is 0 Å². The Morgan fingerprint density at radius 1 is 0.929 bits per heavy atom. The molecule has 0 aliphatic heterocycles. The molecule has 0 aromatic heterocycles. The van der Waals surface area contributed by atoms with E-state index < -0.39 is 17.8 Å². The lowest BCUT2D eigenvalue weighted by Gasteiger charge is -2.19. The summed E-state index contributed by atoms with van der Waals surface area (Å²) >= 11 is 0. The smallest absolute Gasteiger partial charge is 0.251 e. The largest absolute Gasteiger partial charge is 0.340 e. The number of carbonyl (C=O) groups is 2. The van der Waals surface area contributed by atoms with E-state index in [1.165, 1.54) is 12.1 Å². The summed E-state index contributed by atoms with van der Waals surface area (Å²) in [5, 5.41) is 5.53. The molecule has 0 radical (unpaired) electrons. The van der Waals surface area contributed by atoms with Crippen molar-refractivity contribution in [3.05, 3.63) is 101 Å². The predicted molar refractivity (Wildman–Crippen MR) is 108 cm³/mol. The minimum atomic E-state index is -0.808. The van der Waals surface area contributed by atoms with Crippen LogP contribution in [-0.4, -0.2) is 17.9 Å². The van der Waals surface area contributed by atoms with Gasteiger partial charge in [0.25, 0.3) is 5.91 Å². The molecule has 0 saturated carbocycles. The van der Waals surface area contributed by atoms with Gasteiger partial charge in [-0.1, -0.05) is 54.6 Å². The lowest BCUT2D eigenvalue weighted by molar-refractivity contribution is -0.118. The number of halogens is 1. The van der Waals surface area contributed by atoms with Gasteiger partial charge in [-0.15, -0.1) is 0 Å². The molecular weight excluding hydrogens is 355 g/mol. The van der Waals surface area contributed by atoms with Gasteiger partial charge in [0, 0.05) is 17.7 Å². The average Bonchev–Trinajstić information content (AvgIpc) is 2.71. The summed E-state index contributed by atoms with van der Waals surface area (Å²) in [6.07, 6.45) is 0.319. The van der Waals surface area contributed by atoms with Crippen LogP contribution in [0.25, 0.3) is 0 Å². The Labute approximate surface area is 163 Å². The van der Waals surface area contributed by atoms with Gasteiger partial charge < -0.3 is 10.6 Å². The Morgan fingerprint density at radius 3 is 2.25 bits per heavy atom. The van der Waals surface area contributed by atoms with Gasteiger partial charge in [0.15, 0.2) is 0 Å². The molecule has 28 heavy (non-hydrogen) atoms. The molecule has 142 valence electrons. The van der Waals surface area contributed by atoms with Gasteiger partial charge in [0.2, 0.25) is 5.91 Å². The van der Waals surface area contributed by atoms with Crippen LogP contribution in [0.15, 0.2) is 78.9 Å². The maximum Gasteiger partial charge on any atom is 0.251 e. The number of nitrogens with one attached hydrogen (secondary N) is 2. The molecule has 1 atom stereocenters. The lowest BCUT2D eigenvalue weighted by atomic mass is 10.0. The van der Waals surface area contributed by atoms with Gasteiger partial charge in [0.05, 0.1) is 0 Å². The predicted octanol–water partition coefficient (Wildman–Crippen LogP) is 4.11. The fraction of sp³-hybridized carbons (Fsp3) is 0.130. The number of carbonyl (C=O) groups excluding carboxylic acids is 2. The summed E-state index contributed by atoms with van der Waals surface area (Å²) < 4.78 is 13.6. The topological polar surface area (TPSA) is 58.2 Å². The second-order valence-electron chi connectivity index (χ2n) is 6.53. The number of hydrogen-bond acceptors (Lipinski definition) is 2. The molecule has 2 amide bonds. The van der Waals surface area contributed by atoms with E-state index in [2.05, 4.69) is 10.6 Å². The number of aryl methyl sites for hydroxylation is 1. The highest BCUT2D eigenvalue weighted by Crippen LogP contribution is 2.17. The highest BCUT2D eigenvalue weighted by atomic mass is 19.1. The molecule has 1 unspecified atom stereocenters. The fourth-order valence-electron chi connectivity index (χ4n) is 2.84. The van der Waals surface area contributed by atoms with E-state index in [9.17, 15) is 14.0 Å². The van der Waals surface area contributed by atoms with Crippen molar-refractivity contribution in [3.8, 4) is 0 Å². The molecule has 0 aliphatic rings. The molecule has 0 fully saturated rings. The SMILES string of the molecule is Cc1ccc(F)cc1NC(=O)C(Cc1ccccc1)NC(=O)c1ccccc1. The third-order valence-electron chi connectivity index (χ3n) is 4.40. The van der Waals surface area contributed by atoms with Crippen LogP contribution in [0.1, 0.15) is 21.5 Å². The van der Waals surface area contributed by atoms with E-state index >= 15 is 0 Å². The molecule has 3 rings (SSSR count). The molecule has 4 nitrogen and oxygen atoms in total. The number of rotatable bonds is 6. The van der Waals surface area contributed by atoms with Crippen LogP contribution in [0.2, 0.25) is 0 Å². The average molecular weight is 376 g/mol. The van der Waals surface area contributed by atoms with Crippen molar-refractivity contribution in [3.63, 3.8) is 0 Å². The first-order valence-electron chi connectivity index (χ1n) is 9.00. The van der Waals surface area contributed by atoms with Crippen molar-refractivity contribution in [2.75, 3.05) is 5.32 Å². The standard InChI is InChI=1S/C23H21FN2O2/c1-16-12-13-19(24)15-20(16)25-23(28)21(14-17-8-4-2-5-9-17)26-22(27)18-10-6-3-7-11-18/h2-13,15,21H,14H2,1H3,(H,25,28)(H,26,27). The summed E-state index contributed by atoms with van der Waals surface area (Å²) in [5.74, 6) is -1.18.